The minimum Gasteiger partial charge on any atom is -0.465 e. The Labute approximate surface area is 107 Å². The summed E-state index contributed by atoms with van der Waals surface area (Å²) in [7, 11) is 2.12. The summed E-state index contributed by atoms with van der Waals surface area (Å²) < 4.78 is 0. The van der Waals surface area contributed by atoms with Crippen LogP contribution in [0, 0.1) is 5.92 Å². The van der Waals surface area contributed by atoms with Crippen LogP contribution in [0.5, 0.6) is 0 Å². The molecule has 2 aliphatic heterocycles. The third kappa shape index (κ3) is 1.72. The van der Waals surface area contributed by atoms with Crippen LogP contribution in [0.15, 0.2) is 24.3 Å². The van der Waals surface area contributed by atoms with Crippen molar-refractivity contribution in [1.82, 2.24) is 4.90 Å². The normalized spacial score (nSPS) is 26.5. The van der Waals surface area contributed by atoms with Crippen molar-refractivity contribution in [3.05, 3.63) is 29.8 Å². The zero-order valence-electron chi connectivity index (χ0n) is 10.5. The van der Waals surface area contributed by atoms with Crippen LogP contribution in [0.1, 0.15) is 17.9 Å². The second-order valence-electron chi connectivity index (χ2n) is 5.32. The predicted octanol–water partition coefficient (Wildman–Crippen LogP) is 2.22. The minimum atomic E-state index is -0.783. The average molecular weight is 246 g/mol. The third-order valence-electron chi connectivity index (χ3n) is 4.29. The van der Waals surface area contributed by atoms with E-state index < -0.39 is 6.09 Å². The van der Waals surface area contributed by atoms with Gasteiger partial charge in [0.1, 0.15) is 0 Å². The molecule has 1 amide bonds. The number of rotatable bonds is 0. The maximum atomic E-state index is 11.1. The summed E-state index contributed by atoms with van der Waals surface area (Å²) in [5, 5.41) is 9.15. The molecule has 2 atom stereocenters. The number of benzene rings is 1. The molecule has 0 aromatic heterocycles. The molecule has 0 saturated carbocycles. The molecule has 1 aromatic carbocycles. The fourth-order valence-electron chi connectivity index (χ4n) is 3.30. The molecule has 1 fully saturated rings. The van der Waals surface area contributed by atoms with Crippen molar-refractivity contribution in [2.24, 2.45) is 5.92 Å². The van der Waals surface area contributed by atoms with Gasteiger partial charge in [0.15, 0.2) is 0 Å². The van der Waals surface area contributed by atoms with E-state index in [1.807, 2.05) is 0 Å². The number of hydrogen-bond acceptors (Lipinski definition) is 2. The predicted molar refractivity (Wildman–Crippen MR) is 70.2 cm³/mol. The van der Waals surface area contributed by atoms with Gasteiger partial charge in [-0.1, -0.05) is 18.2 Å². The van der Waals surface area contributed by atoms with E-state index in [1.54, 1.807) is 4.90 Å². The second kappa shape index (κ2) is 4.19. The van der Waals surface area contributed by atoms with E-state index in [1.165, 1.54) is 11.3 Å². The SMILES string of the molecule is CN1CC[C@H]2CN(C(=O)O)C[C@@H]2c2ccccc21. The quantitative estimate of drug-likeness (QED) is 0.763. The van der Waals surface area contributed by atoms with E-state index in [0.717, 1.165) is 13.0 Å². The van der Waals surface area contributed by atoms with Crippen molar-refractivity contribution in [1.29, 1.82) is 0 Å². The van der Waals surface area contributed by atoms with Gasteiger partial charge in [0, 0.05) is 38.3 Å². The molecule has 1 N–H and O–H groups in total. The molecule has 0 spiro atoms. The van der Waals surface area contributed by atoms with E-state index in [9.17, 15) is 4.79 Å². The Balaban J connectivity index is 1.98. The maximum absolute atomic E-state index is 11.1. The number of para-hydroxylation sites is 1. The fraction of sp³-hybridized carbons (Fsp3) is 0.500. The van der Waals surface area contributed by atoms with E-state index >= 15 is 0 Å². The monoisotopic (exact) mass is 246 g/mol. The van der Waals surface area contributed by atoms with Crippen LogP contribution in [-0.4, -0.2) is 42.8 Å². The van der Waals surface area contributed by atoms with Gasteiger partial charge in [0.2, 0.25) is 0 Å². The molecule has 2 aliphatic rings. The van der Waals surface area contributed by atoms with Gasteiger partial charge in [-0.3, -0.25) is 0 Å². The zero-order chi connectivity index (χ0) is 12.7. The summed E-state index contributed by atoms with van der Waals surface area (Å²) in [6.45, 7) is 2.33. The van der Waals surface area contributed by atoms with Crippen molar-refractivity contribution in [3.63, 3.8) is 0 Å². The summed E-state index contributed by atoms with van der Waals surface area (Å²) in [6, 6.07) is 8.40. The summed E-state index contributed by atoms with van der Waals surface area (Å²) in [6.07, 6.45) is 0.286. The molecule has 1 saturated heterocycles. The maximum Gasteiger partial charge on any atom is 0.407 e. The summed E-state index contributed by atoms with van der Waals surface area (Å²) >= 11 is 0. The molecule has 3 rings (SSSR count). The molecule has 4 nitrogen and oxygen atoms in total. The van der Waals surface area contributed by atoms with Gasteiger partial charge in [0.05, 0.1) is 0 Å². The molecule has 0 aliphatic carbocycles. The van der Waals surface area contributed by atoms with E-state index in [-0.39, 0.29) is 0 Å². The Morgan fingerprint density at radius 3 is 2.89 bits per heavy atom. The lowest BCUT2D eigenvalue weighted by Crippen LogP contribution is -2.28. The van der Waals surface area contributed by atoms with Crippen molar-refractivity contribution >= 4 is 11.8 Å². The summed E-state index contributed by atoms with van der Waals surface area (Å²) in [4.78, 5) is 15.0. The minimum absolute atomic E-state index is 0.363. The molecule has 4 heteroatoms. The standard InChI is InChI=1S/C14H18N2O2/c1-15-7-6-10-8-16(14(17)18)9-12(10)11-4-2-3-5-13(11)15/h2-5,10,12H,6-9H2,1H3,(H,17,18)/t10-,12-/m0/s1. The lowest BCUT2D eigenvalue weighted by Gasteiger charge is -2.21. The third-order valence-corrected chi connectivity index (χ3v) is 4.29. The number of fused-ring (bicyclic) bond motifs is 3. The van der Waals surface area contributed by atoms with Gasteiger partial charge in [-0.25, -0.2) is 4.79 Å². The van der Waals surface area contributed by atoms with Gasteiger partial charge < -0.3 is 14.9 Å². The first kappa shape index (κ1) is 11.4. The number of carboxylic acid groups (broad SMARTS) is 1. The lowest BCUT2D eigenvalue weighted by molar-refractivity contribution is 0.153. The number of hydrogen-bond donors (Lipinski definition) is 1. The number of likely N-dealkylation sites (tertiary alicyclic amines) is 1. The Kier molecular flexibility index (Phi) is 2.65. The molecule has 0 unspecified atom stereocenters. The van der Waals surface area contributed by atoms with Gasteiger partial charge in [-0.15, -0.1) is 0 Å². The highest BCUT2D eigenvalue weighted by Gasteiger charge is 2.38. The Hall–Kier alpha value is -1.71. The molecular formula is C14H18N2O2. The van der Waals surface area contributed by atoms with Gasteiger partial charge in [0.25, 0.3) is 0 Å². The Morgan fingerprint density at radius 2 is 2.11 bits per heavy atom. The molecule has 0 bridgehead atoms. The van der Waals surface area contributed by atoms with E-state index in [2.05, 4.69) is 36.2 Å². The number of carbonyl (C=O) groups is 1. The molecule has 2 heterocycles. The highest BCUT2D eigenvalue weighted by molar-refractivity contribution is 5.66. The lowest BCUT2D eigenvalue weighted by atomic mass is 9.87. The van der Waals surface area contributed by atoms with E-state index in [0.29, 0.717) is 24.9 Å². The largest absolute Gasteiger partial charge is 0.465 e. The van der Waals surface area contributed by atoms with Crippen LogP contribution in [0.4, 0.5) is 10.5 Å². The highest BCUT2D eigenvalue weighted by atomic mass is 16.4. The first-order valence-corrected chi connectivity index (χ1v) is 6.44. The topological polar surface area (TPSA) is 43.8 Å². The summed E-state index contributed by atoms with van der Waals surface area (Å²) in [5.74, 6) is 0.828. The molecule has 96 valence electrons. The Morgan fingerprint density at radius 1 is 1.33 bits per heavy atom. The van der Waals surface area contributed by atoms with Crippen LogP contribution in [0.25, 0.3) is 0 Å². The fourth-order valence-corrected chi connectivity index (χ4v) is 3.30. The smallest absolute Gasteiger partial charge is 0.407 e. The number of amides is 1. The highest BCUT2D eigenvalue weighted by Crippen LogP contribution is 2.41. The van der Waals surface area contributed by atoms with Gasteiger partial charge >= 0.3 is 6.09 Å². The molecule has 18 heavy (non-hydrogen) atoms. The van der Waals surface area contributed by atoms with Crippen LogP contribution in [-0.2, 0) is 0 Å². The number of nitrogens with zero attached hydrogens (tertiary/aromatic N) is 2. The molecule has 0 radical (unpaired) electrons. The number of anilines is 1. The van der Waals surface area contributed by atoms with Gasteiger partial charge in [-0.2, -0.15) is 0 Å². The molecular weight excluding hydrogens is 228 g/mol. The first-order chi connectivity index (χ1) is 8.66. The Bertz CT molecular complexity index is 475. The van der Waals surface area contributed by atoms with Crippen molar-refractivity contribution < 1.29 is 9.90 Å². The van der Waals surface area contributed by atoms with Crippen molar-refractivity contribution in [2.75, 3.05) is 31.6 Å². The zero-order valence-corrected chi connectivity index (χ0v) is 10.5. The summed E-state index contributed by atoms with van der Waals surface area (Å²) in [5.41, 5.74) is 2.57. The van der Waals surface area contributed by atoms with Crippen molar-refractivity contribution in [3.8, 4) is 0 Å². The van der Waals surface area contributed by atoms with Crippen LogP contribution < -0.4 is 4.90 Å². The van der Waals surface area contributed by atoms with Gasteiger partial charge in [-0.05, 0) is 24.0 Å². The van der Waals surface area contributed by atoms with Crippen molar-refractivity contribution in [2.45, 2.75) is 12.3 Å². The van der Waals surface area contributed by atoms with Crippen LogP contribution >= 0.6 is 0 Å². The average Bonchev–Trinajstić information content (AvgIpc) is 2.75. The van der Waals surface area contributed by atoms with Crippen LogP contribution in [0.3, 0.4) is 0 Å². The molecule has 1 aromatic rings. The first-order valence-electron chi connectivity index (χ1n) is 6.44. The van der Waals surface area contributed by atoms with E-state index in [4.69, 9.17) is 5.11 Å². The van der Waals surface area contributed by atoms with Crippen LogP contribution in [0.2, 0.25) is 0 Å². The second-order valence-corrected chi connectivity index (χ2v) is 5.32.